The number of nitrogens with zero attached hydrogens (tertiary/aromatic N) is 5. The number of carbonyl (C=O) groups excluding carboxylic acids is 2. The van der Waals surface area contributed by atoms with Crippen molar-refractivity contribution in [2.24, 2.45) is 0 Å². The van der Waals surface area contributed by atoms with Crippen LogP contribution < -0.4 is 20.1 Å². The summed E-state index contributed by atoms with van der Waals surface area (Å²) in [5.74, 6) is 1.89. The highest BCUT2D eigenvalue weighted by Gasteiger charge is 2.18. The summed E-state index contributed by atoms with van der Waals surface area (Å²) in [6.45, 7) is 2.13. The van der Waals surface area contributed by atoms with Crippen molar-refractivity contribution in [1.29, 1.82) is 0 Å². The van der Waals surface area contributed by atoms with E-state index in [2.05, 4.69) is 47.0 Å². The Labute approximate surface area is 245 Å². The van der Waals surface area contributed by atoms with Gasteiger partial charge in [-0.15, -0.1) is 20.4 Å². The molecule has 2 amide bonds. The second kappa shape index (κ2) is 13.8. The van der Waals surface area contributed by atoms with Crippen LogP contribution in [0.2, 0.25) is 0 Å². The summed E-state index contributed by atoms with van der Waals surface area (Å²) in [6, 6.07) is 12.5. The van der Waals surface area contributed by atoms with E-state index in [4.69, 9.17) is 9.47 Å². The second-order valence-electron chi connectivity index (χ2n) is 7.61. The van der Waals surface area contributed by atoms with Gasteiger partial charge in [-0.1, -0.05) is 57.7 Å². The Morgan fingerprint density at radius 2 is 1.77 bits per heavy atom. The number of hydrogen-bond donors (Lipinski definition) is 2. The molecule has 0 atom stereocenters. The van der Waals surface area contributed by atoms with Gasteiger partial charge < -0.3 is 14.8 Å². The molecule has 0 aliphatic carbocycles. The Morgan fingerprint density at radius 3 is 2.49 bits per heavy atom. The van der Waals surface area contributed by atoms with Crippen molar-refractivity contribution in [3.05, 3.63) is 58.3 Å². The molecule has 0 saturated carbocycles. The van der Waals surface area contributed by atoms with Gasteiger partial charge in [0, 0.05) is 15.7 Å². The molecule has 0 saturated heterocycles. The molecule has 2 heterocycles. The summed E-state index contributed by atoms with van der Waals surface area (Å²) in [4.78, 5) is 25.5. The Morgan fingerprint density at radius 1 is 1.00 bits per heavy atom. The maximum Gasteiger partial charge on any atom is 0.251 e. The smallest absolute Gasteiger partial charge is 0.251 e. The first-order valence-electron chi connectivity index (χ1n) is 11.5. The van der Waals surface area contributed by atoms with Gasteiger partial charge in [-0.05, 0) is 48.2 Å². The molecule has 0 radical (unpaired) electrons. The number of nitrogens with one attached hydrogen (secondary N) is 2. The van der Waals surface area contributed by atoms with Gasteiger partial charge in [-0.2, -0.15) is 0 Å². The number of methoxy groups -OCH3 is 2. The molecule has 4 rings (SSSR count). The molecule has 2 aromatic heterocycles. The number of carbonyl (C=O) groups is 2. The summed E-state index contributed by atoms with van der Waals surface area (Å²) in [6.07, 6.45) is 0. The molecule has 11 nitrogen and oxygen atoms in total. The van der Waals surface area contributed by atoms with Crippen molar-refractivity contribution < 1.29 is 19.1 Å². The fourth-order valence-corrected chi connectivity index (χ4v) is 6.02. The van der Waals surface area contributed by atoms with Crippen LogP contribution in [0.15, 0.2) is 56.4 Å². The summed E-state index contributed by atoms with van der Waals surface area (Å²) in [5, 5.41) is 23.2. The summed E-state index contributed by atoms with van der Waals surface area (Å²) in [7, 11) is 3.04. The highest BCUT2D eigenvalue weighted by molar-refractivity contribution is 9.10. The van der Waals surface area contributed by atoms with Crippen LogP contribution in [0.4, 0.5) is 5.13 Å². The maximum atomic E-state index is 12.9. The van der Waals surface area contributed by atoms with E-state index in [0.717, 1.165) is 20.3 Å². The molecule has 0 spiro atoms. The molecule has 2 N–H and O–H groups in total. The largest absolute Gasteiger partial charge is 0.493 e. The number of hydrogen-bond acceptors (Lipinski definition) is 11. The van der Waals surface area contributed by atoms with E-state index in [9.17, 15) is 9.59 Å². The minimum atomic E-state index is -0.312. The number of anilines is 1. The lowest BCUT2D eigenvalue weighted by molar-refractivity contribution is -0.113. The zero-order chi connectivity index (χ0) is 27.8. The van der Waals surface area contributed by atoms with Gasteiger partial charge in [0.05, 0.1) is 26.5 Å². The van der Waals surface area contributed by atoms with Crippen LogP contribution in [0.3, 0.4) is 0 Å². The van der Waals surface area contributed by atoms with Crippen molar-refractivity contribution in [3.63, 3.8) is 0 Å². The van der Waals surface area contributed by atoms with Gasteiger partial charge in [0.2, 0.25) is 11.0 Å². The fraction of sp³-hybridized carbons (Fsp3) is 0.250. The first-order chi connectivity index (χ1) is 18.9. The van der Waals surface area contributed by atoms with Gasteiger partial charge in [0.15, 0.2) is 26.8 Å². The lowest BCUT2D eigenvalue weighted by Crippen LogP contribution is -2.24. The normalized spacial score (nSPS) is 10.8. The number of rotatable bonds is 12. The topological polar surface area (TPSA) is 133 Å². The van der Waals surface area contributed by atoms with Gasteiger partial charge >= 0.3 is 0 Å². The van der Waals surface area contributed by atoms with Gasteiger partial charge in [-0.25, -0.2) is 0 Å². The monoisotopic (exact) mass is 649 g/mol. The van der Waals surface area contributed by atoms with Crippen LogP contribution >= 0.6 is 50.8 Å². The average Bonchev–Trinajstić information content (AvgIpc) is 3.57. The second-order valence-corrected chi connectivity index (χ2v) is 12.0. The van der Waals surface area contributed by atoms with E-state index in [1.807, 2.05) is 31.2 Å². The first-order valence-corrected chi connectivity index (χ1v) is 15.1. The number of aromatic nitrogens is 5. The minimum Gasteiger partial charge on any atom is -0.493 e. The molecule has 0 unspecified atom stereocenters. The Hall–Kier alpha value is -3.14. The number of amides is 2. The fourth-order valence-electron chi connectivity index (χ4n) is 3.32. The summed E-state index contributed by atoms with van der Waals surface area (Å²) in [5.41, 5.74) is 1.19. The number of benzene rings is 2. The molecule has 0 aliphatic heterocycles. The van der Waals surface area contributed by atoms with Crippen molar-refractivity contribution in [1.82, 2.24) is 30.3 Å². The van der Waals surface area contributed by atoms with Crippen LogP contribution in [0, 0.1) is 0 Å². The molecule has 4 aromatic rings. The van der Waals surface area contributed by atoms with E-state index in [-0.39, 0.29) is 24.1 Å². The first kappa shape index (κ1) is 28.9. The Kier molecular flexibility index (Phi) is 10.2. The van der Waals surface area contributed by atoms with Crippen molar-refractivity contribution in [2.75, 3.05) is 31.0 Å². The SMILES string of the molecule is CCSc1nnc(NC(=O)CSc2nnc(CNC(=O)c3ccc(OC)c(OC)c3)n2-c2ccc(Br)cc2)s1. The molecule has 15 heteroatoms. The van der Waals surface area contributed by atoms with E-state index in [1.54, 1.807) is 34.5 Å². The van der Waals surface area contributed by atoms with Gasteiger partial charge in [0.25, 0.3) is 5.91 Å². The highest BCUT2D eigenvalue weighted by Crippen LogP contribution is 2.28. The van der Waals surface area contributed by atoms with E-state index in [1.165, 1.54) is 37.3 Å². The van der Waals surface area contributed by atoms with E-state index >= 15 is 0 Å². The average molecular weight is 651 g/mol. The third-order valence-electron chi connectivity index (χ3n) is 5.09. The van der Waals surface area contributed by atoms with Gasteiger partial charge in [0.1, 0.15) is 0 Å². The van der Waals surface area contributed by atoms with Crippen LogP contribution in [0.1, 0.15) is 23.1 Å². The van der Waals surface area contributed by atoms with Crippen molar-refractivity contribution in [3.8, 4) is 17.2 Å². The van der Waals surface area contributed by atoms with E-state index in [0.29, 0.717) is 33.2 Å². The number of thioether (sulfide) groups is 2. The molecule has 204 valence electrons. The van der Waals surface area contributed by atoms with E-state index < -0.39 is 0 Å². The standard InChI is InChI=1S/C24H24BrN7O4S3/c1-4-37-24-31-29-22(39-24)27-20(33)13-38-23-30-28-19(32(23)16-8-6-15(25)7-9-16)12-26-21(34)14-5-10-17(35-2)18(11-14)36-3/h5-11H,4,12-13H2,1-3H3,(H,26,34)(H,27,29,33). The summed E-state index contributed by atoms with van der Waals surface area (Å²) >= 11 is 7.57. The molecule has 39 heavy (non-hydrogen) atoms. The zero-order valence-electron chi connectivity index (χ0n) is 21.1. The summed E-state index contributed by atoms with van der Waals surface area (Å²) < 4.78 is 14.1. The molecule has 2 aromatic carbocycles. The number of halogens is 1. The lowest BCUT2D eigenvalue weighted by atomic mass is 10.2. The third-order valence-corrected chi connectivity index (χ3v) is 8.40. The number of ether oxygens (including phenoxy) is 2. The van der Waals surface area contributed by atoms with Gasteiger partial charge in [-0.3, -0.25) is 19.5 Å². The molecule has 0 fully saturated rings. The van der Waals surface area contributed by atoms with Crippen LogP contribution in [-0.2, 0) is 11.3 Å². The van der Waals surface area contributed by atoms with Crippen LogP contribution in [-0.4, -0.2) is 62.5 Å². The lowest BCUT2D eigenvalue weighted by Gasteiger charge is -2.12. The van der Waals surface area contributed by atoms with Crippen LogP contribution in [0.25, 0.3) is 5.69 Å². The Bertz CT molecular complexity index is 1450. The molecular formula is C24H24BrN7O4S3. The predicted molar refractivity (Wildman–Crippen MR) is 155 cm³/mol. The minimum absolute atomic E-state index is 0.0858. The third kappa shape index (κ3) is 7.50. The van der Waals surface area contributed by atoms with Crippen molar-refractivity contribution in [2.45, 2.75) is 23.0 Å². The predicted octanol–water partition coefficient (Wildman–Crippen LogP) is 4.67. The quantitative estimate of drug-likeness (QED) is 0.165. The highest BCUT2D eigenvalue weighted by atomic mass is 79.9. The maximum absolute atomic E-state index is 12.9. The molecule has 0 bridgehead atoms. The Balaban J connectivity index is 1.48. The van der Waals surface area contributed by atoms with Crippen molar-refractivity contribution >= 4 is 67.7 Å². The molecule has 0 aliphatic rings. The zero-order valence-corrected chi connectivity index (χ0v) is 25.2. The van der Waals surface area contributed by atoms with Crippen LogP contribution in [0.5, 0.6) is 11.5 Å². The molecular weight excluding hydrogens is 626 g/mol.